The summed E-state index contributed by atoms with van der Waals surface area (Å²) in [7, 11) is 1.00. The summed E-state index contributed by atoms with van der Waals surface area (Å²) in [6.45, 7) is 0. The molecule has 0 aliphatic heterocycles. The van der Waals surface area contributed by atoms with Crippen LogP contribution in [-0.2, 0) is 0 Å². The van der Waals surface area contributed by atoms with Crippen molar-refractivity contribution in [2.24, 2.45) is 0 Å². The first kappa shape index (κ1) is 14.5. The molecule has 6 nitrogen and oxygen atoms in total. The molecule has 0 atom stereocenters. The third-order valence-electron chi connectivity index (χ3n) is 2.53. The van der Waals surface area contributed by atoms with E-state index in [0.29, 0.717) is 11.5 Å². The highest BCUT2D eigenvalue weighted by Crippen LogP contribution is 2.15. The van der Waals surface area contributed by atoms with E-state index >= 15 is 0 Å². The van der Waals surface area contributed by atoms with Crippen molar-refractivity contribution in [1.82, 2.24) is 0 Å². The minimum Gasteiger partial charge on any atom is -0.526 e. The Bertz CT molecular complexity index is 613. The first-order chi connectivity index (χ1) is 10.1. The van der Waals surface area contributed by atoms with E-state index in [0.717, 1.165) is 7.69 Å². The lowest BCUT2D eigenvalue weighted by Crippen LogP contribution is -2.11. The molecular formula is C14H10BO6. The third-order valence-corrected chi connectivity index (χ3v) is 2.53. The largest absolute Gasteiger partial charge is 0.658 e. The zero-order valence-corrected chi connectivity index (χ0v) is 10.7. The summed E-state index contributed by atoms with van der Waals surface area (Å²) in [5.74, 6) is -1.53. The summed E-state index contributed by atoms with van der Waals surface area (Å²) >= 11 is 0. The van der Waals surface area contributed by atoms with Crippen LogP contribution in [0.3, 0.4) is 0 Å². The standard InChI is InChI=1S/C14H10BO6/c16-13(17)9-3-1-5-11(7-9)20-15-21-12-6-2-4-10(8-12)14(18)19/h1-8H,(H,16,17)(H,18,19). The molecule has 0 bridgehead atoms. The van der Waals surface area contributed by atoms with Gasteiger partial charge in [0.15, 0.2) is 0 Å². The van der Waals surface area contributed by atoms with Crippen LogP contribution < -0.4 is 9.31 Å². The Morgan fingerprint density at radius 3 is 1.62 bits per heavy atom. The molecule has 0 unspecified atom stereocenters. The fraction of sp³-hybridized carbons (Fsp3) is 0. The molecule has 2 N–H and O–H groups in total. The van der Waals surface area contributed by atoms with Gasteiger partial charge in [-0.2, -0.15) is 0 Å². The van der Waals surface area contributed by atoms with E-state index in [1.54, 1.807) is 12.1 Å². The van der Waals surface area contributed by atoms with Crippen molar-refractivity contribution in [2.45, 2.75) is 0 Å². The van der Waals surface area contributed by atoms with E-state index in [4.69, 9.17) is 19.5 Å². The SMILES string of the molecule is O=C(O)c1cccc(O[B]Oc2cccc(C(=O)O)c2)c1. The number of rotatable bonds is 6. The lowest BCUT2D eigenvalue weighted by atomic mass is 10.2. The van der Waals surface area contributed by atoms with Crippen molar-refractivity contribution in [1.29, 1.82) is 0 Å². The summed E-state index contributed by atoms with van der Waals surface area (Å²) in [5.41, 5.74) is 0.183. The maximum atomic E-state index is 10.8. The van der Waals surface area contributed by atoms with Gasteiger partial charge in [0.1, 0.15) is 11.5 Å². The molecule has 2 aromatic carbocycles. The Morgan fingerprint density at radius 2 is 1.24 bits per heavy atom. The second kappa shape index (κ2) is 6.47. The van der Waals surface area contributed by atoms with E-state index in [9.17, 15) is 9.59 Å². The zero-order chi connectivity index (χ0) is 15.2. The Morgan fingerprint density at radius 1 is 0.810 bits per heavy atom. The molecule has 7 heteroatoms. The number of carbonyl (C=O) groups is 2. The van der Waals surface area contributed by atoms with Gasteiger partial charge in [-0.15, -0.1) is 0 Å². The van der Waals surface area contributed by atoms with Crippen LogP contribution >= 0.6 is 0 Å². The van der Waals surface area contributed by atoms with Crippen LogP contribution in [0.5, 0.6) is 11.5 Å². The summed E-state index contributed by atoms with van der Waals surface area (Å²) in [6.07, 6.45) is 0. The number of benzene rings is 2. The number of carboxylic acid groups (broad SMARTS) is 2. The van der Waals surface area contributed by atoms with Crippen LogP contribution in [0.2, 0.25) is 0 Å². The monoisotopic (exact) mass is 285 g/mol. The van der Waals surface area contributed by atoms with Gasteiger partial charge in [0.25, 0.3) is 0 Å². The summed E-state index contributed by atoms with van der Waals surface area (Å²) in [6, 6.07) is 11.8. The smallest absolute Gasteiger partial charge is 0.526 e. The number of hydrogen-bond acceptors (Lipinski definition) is 4. The number of hydrogen-bond donors (Lipinski definition) is 2. The van der Waals surface area contributed by atoms with E-state index in [-0.39, 0.29) is 11.1 Å². The molecule has 0 aliphatic rings. The Balaban J connectivity index is 1.95. The summed E-state index contributed by atoms with van der Waals surface area (Å²) in [4.78, 5) is 21.6. The first-order valence-electron chi connectivity index (χ1n) is 5.88. The highest BCUT2D eigenvalue weighted by Gasteiger charge is 2.08. The van der Waals surface area contributed by atoms with Crippen molar-refractivity contribution in [2.75, 3.05) is 0 Å². The fourth-order valence-corrected chi connectivity index (χ4v) is 1.54. The van der Waals surface area contributed by atoms with Gasteiger partial charge in [-0.3, -0.25) is 0 Å². The molecule has 0 saturated heterocycles. The van der Waals surface area contributed by atoms with E-state index in [2.05, 4.69) is 0 Å². The topological polar surface area (TPSA) is 93.1 Å². The van der Waals surface area contributed by atoms with Crippen LogP contribution in [0, 0.1) is 0 Å². The molecule has 0 aliphatic carbocycles. The highest BCUT2D eigenvalue weighted by atomic mass is 16.6. The van der Waals surface area contributed by atoms with Gasteiger partial charge < -0.3 is 19.5 Å². The highest BCUT2D eigenvalue weighted by molar-refractivity contribution is 6.20. The van der Waals surface area contributed by atoms with Crippen LogP contribution in [0.4, 0.5) is 0 Å². The lowest BCUT2D eigenvalue weighted by Gasteiger charge is -2.07. The first-order valence-corrected chi connectivity index (χ1v) is 5.88. The summed E-state index contributed by atoms with van der Waals surface area (Å²) < 4.78 is 10.3. The second-order valence-electron chi connectivity index (χ2n) is 4.00. The van der Waals surface area contributed by atoms with Crippen molar-refractivity contribution >= 4 is 19.6 Å². The average molecular weight is 285 g/mol. The Kier molecular flexibility index (Phi) is 4.45. The van der Waals surface area contributed by atoms with Crippen LogP contribution in [0.1, 0.15) is 20.7 Å². The van der Waals surface area contributed by atoms with Gasteiger partial charge in [-0.05, 0) is 36.4 Å². The van der Waals surface area contributed by atoms with Gasteiger partial charge in [0, 0.05) is 0 Å². The maximum absolute atomic E-state index is 10.8. The lowest BCUT2D eigenvalue weighted by molar-refractivity contribution is 0.0686. The fourth-order valence-electron chi connectivity index (χ4n) is 1.54. The quantitative estimate of drug-likeness (QED) is 0.789. The van der Waals surface area contributed by atoms with Crippen molar-refractivity contribution in [3.8, 4) is 11.5 Å². The van der Waals surface area contributed by atoms with Crippen molar-refractivity contribution < 1.29 is 29.1 Å². The molecule has 105 valence electrons. The Labute approximate surface area is 120 Å². The van der Waals surface area contributed by atoms with E-state index < -0.39 is 11.9 Å². The molecule has 21 heavy (non-hydrogen) atoms. The molecule has 0 fully saturated rings. The van der Waals surface area contributed by atoms with Gasteiger partial charge in [0.05, 0.1) is 11.1 Å². The number of carboxylic acids is 2. The molecular weight excluding hydrogens is 275 g/mol. The van der Waals surface area contributed by atoms with E-state index in [1.807, 2.05) is 0 Å². The average Bonchev–Trinajstić information content (AvgIpc) is 2.48. The third kappa shape index (κ3) is 4.00. The molecule has 0 heterocycles. The van der Waals surface area contributed by atoms with Crippen LogP contribution in [0.25, 0.3) is 0 Å². The molecule has 2 rings (SSSR count). The molecule has 2 aromatic rings. The van der Waals surface area contributed by atoms with Crippen molar-refractivity contribution in [3.63, 3.8) is 0 Å². The molecule has 0 spiro atoms. The Hall–Kier alpha value is -2.96. The van der Waals surface area contributed by atoms with Crippen molar-refractivity contribution in [3.05, 3.63) is 59.7 Å². The van der Waals surface area contributed by atoms with Gasteiger partial charge in [-0.25, -0.2) is 9.59 Å². The second-order valence-corrected chi connectivity index (χ2v) is 4.00. The predicted octanol–water partition coefficient (Wildman–Crippen LogP) is 2.08. The predicted molar refractivity (Wildman–Crippen MR) is 73.8 cm³/mol. The van der Waals surface area contributed by atoms with E-state index in [1.165, 1.54) is 36.4 Å². The van der Waals surface area contributed by atoms with Crippen LogP contribution in [-0.4, -0.2) is 29.8 Å². The normalized spacial score (nSPS) is 9.71. The van der Waals surface area contributed by atoms with Gasteiger partial charge in [-0.1, -0.05) is 12.1 Å². The van der Waals surface area contributed by atoms with Gasteiger partial charge in [0.2, 0.25) is 0 Å². The van der Waals surface area contributed by atoms with Crippen LogP contribution in [0.15, 0.2) is 48.5 Å². The minimum atomic E-state index is -1.06. The minimum absolute atomic E-state index is 0.0915. The molecule has 0 saturated carbocycles. The molecule has 0 amide bonds. The molecule has 1 radical (unpaired) electrons. The maximum Gasteiger partial charge on any atom is 0.658 e. The van der Waals surface area contributed by atoms with Gasteiger partial charge >= 0.3 is 19.6 Å². The zero-order valence-electron chi connectivity index (χ0n) is 10.7. The summed E-state index contributed by atoms with van der Waals surface area (Å²) in [5, 5.41) is 17.7. The molecule has 0 aromatic heterocycles. The number of aromatic carboxylic acids is 2.